The first kappa shape index (κ1) is 16.5. The molecular weight excluding hydrogens is 320 g/mol. The third-order valence-corrected chi connectivity index (χ3v) is 4.92. The van der Waals surface area contributed by atoms with E-state index in [-0.39, 0.29) is 17.1 Å². The van der Waals surface area contributed by atoms with Crippen LogP contribution in [0.5, 0.6) is 0 Å². The van der Waals surface area contributed by atoms with E-state index in [9.17, 15) is 9.59 Å². The summed E-state index contributed by atoms with van der Waals surface area (Å²) in [6.07, 6.45) is 1.72. The van der Waals surface area contributed by atoms with Crippen molar-refractivity contribution in [3.63, 3.8) is 0 Å². The van der Waals surface area contributed by atoms with Crippen molar-refractivity contribution in [2.75, 3.05) is 7.11 Å². The first-order chi connectivity index (χ1) is 10.6. The Balaban J connectivity index is 1.84. The van der Waals surface area contributed by atoms with Gasteiger partial charge in [-0.15, -0.1) is 11.3 Å². The first-order valence-corrected chi connectivity index (χ1v) is 8.37. The average molecular weight is 336 g/mol. The number of carbonyl (C=O) groups excluding carboxylic acids is 2. The standard InChI is InChI=1S/C15H16N2O3S2/c1-10(22-15-16-7-8-21-15)13(18)17-9-11-3-5-12(6-4-11)14(19)20-2/h3-8,10H,9H2,1-2H3,(H,17,18). The van der Waals surface area contributed by atoms with Crippen molar-refractivity contribution < 1.29 is 14.3 Å². The highest BCUT2D eigenvalue weighted by Crippen LogP contribution is 2.25. The Bertz CT molecular complexity index is 627. The van der Waals surface area contributed by atoms with Crippen LogP contribution in [0.25, 0.3) is 0 Å². The van der Waals surface area contributed by atoms with E-state index in [1.807, 2.05) is 12.3 Å². The van der Waals surface area contributed by atoms with E-state index < -0.39 is 0 Å². The molecule has 0 bridgehead atoms. The summed E-state index contributed by atoms with van der Waals surface area (Å²) in [4.78, 5) is 27.5. The minimum absolute atomic E-state index is 0.0442. The molecule has 1 aromatic carbocycles. The summed E-state index contributed by atoms with van der Waals surface area (Å²) >= 11 is 2.95. The zero-order valence-electron chi connectivity index (χ0n) is 12.2. The number of hydrogen-bond acceptors (Lipinski definition) is 6. The summed E-state index contributed by atoms with van der Waals surface area (Å²) in [7, 11) is 1.35. The highest BCUT2D eigenvalue weighted by molar-refractivity contribution is 8.02. The monoisotopic (exact) mass is 336 g/mol. The zero-order valence-corrected chi connectivity index (χ0v) is 13.9. The Hall–Kier alpha value is -1.86. The van der Waals surface area contributed by atoms with Crippen molar-refractivity contribution >= 4 is 35.0 Å². The van der Waals surface area contributed by atoms with Crippen LogP contribution in [0.3, 0.4) is 0 Å². The molecule has 2 rings (SSSR count). The van der Waals surface area contributed by atoms with E-state index in [0.29, 0.717) is 12.1 Å². The number of carbonyl (C=O) groups is 2. The van der Waals surface area contributed by atoms with Gasteiger partial charge in [-0.05, 0) is 24.6 Å². The average Bonchev–Trinajstić information content (AvgIpc) is 3.05. The SMILES string of the molecule is COC(=O)c1ccc(CNC(=O)C(C)Sc2nccs2)cc1. The molecule has 0 fully saturated rings. The summed E-state index contributed by atoms with van der Waals surface area (Å²) in [6, 6.07) is 6.96. The van der Waals surface area contributed by atoms with Crippen molar-refractivity contribution in [3.8, 4) is 0 Å². The predicted molar refractivity (Wildman–Crippen MR) is 87.1 cm³/mol. The molecule has 0 aliphatic rings. The molecule has 5 nitrogen and oxygen atoms in total. The van der Waals surface area contributed by atoms with Gasteiger partial charge in [0.15, 0.2) is 4.34 Å². The molecule has 1 unspecified atom stereocenters. The van der Waals surface area contributed by atoms with Gasteiger partial charge in [-0.1, -0.05) is 23.9 Å². The van der Waals surface area contributed by atoms with Crippen LogP contribution >= 0.6 is 23.1 Å². The van der Waals surface area contributed by atoms with E-state index >= 15 is 0 Å². The summed E-state index contributed by atoms with van der Waals surface area (Å²) in [5.41, 5.74) is 1.41. The fourth-order valence-electron chi connectivity index (χ4n) is 1.68. The number of esters is 1. The van der Waals surface area contributed by atoms with Gasteiger partial charge >= 0.3 is 5.97 Å². The molecule has 0 radical (unpaired) electrons. The molecule has 1 heterocycles. The molecule has 1 aromatic heterocycles. The van der Waals surface area contributed by atoms with Crippen LogP contribution < -0.4 is 5.32 Å². The van der Waals surface area contributed by atoms with Gasteiger partial charge < -0.3 is 10.1 Å². The number of aromatic nitrogens is 1. The molecule has 1 atom stereocenters. The maximum absolute atomic E-state index is 12.0. The summed E-state index contributed by atoms with van der Waals surface area (Å²) in [6.45, 7) is 2.27. The number of amides is 1. The van der Waals surface area contributed by atoms with Crippen molar-refractivity contribution in [2.45, 2.75) is 23.1 Å². The molecule has 7 heteroatoms. The molecule has 0 aliphatic carbocycles. The van der Waals surface area contributed by atoms with Gasteiger partial charge in [-0.3, -0.25) is 4.79 Å². The Morgan fingerprint density at radius 1 is 1.36 bits per heavy atom. The number of thiazole rings is 1. The molecule has 22 heavy (non-hydrogen) atoms. The third-order valence-electron chi connectivity index (χ3n) is 2.90. The van der Waals surface area contributed by atoms with Crippen molar-refractivity contribution in [2.24, 2.45) is 0 Å². The fourth-order valence-corrected chi connectivity index (χ4v) is 3.48. The smallest absolute Gasteiger partial charge is 0.337 e. The van der Waals surface area contributed by atoms with Crippen LogP contribution in [-0.4, -0.2) is 29.2 Å². The summed E-state index contributed by atoms with van der Waals surface area (Å²) in [5, 5.41) is 4.55. The van der Waals surface area contributed by atoms with Crippen molar-refractivity contribution in [3.05, 3.63) is 47.0 Å². The molecular formula is C15H16N2O3S2. The molecule has 2 aromatic rings. The van der Waals surface area contributed by atoms with E-state index in [4.69, 9.17) is 0 Å². The highest BCUT2D eigenvalue weighted by atomic mass is 32.2. The van der Waals surface area contributed by atoms with Crippen LogP contribution in [-0.2, 0) is 16.1 Å². The largest absolute Gasteiger partial charge is 0.465 e. The first-order valence-electron chi connectivity index (χ1n) is 6.61. The minimum atomic E-state index is -0.371. The van der Waals surface area contributed by atoms with Crippen LogP contribution in [0, 0.1) is 0 Å². The maximum atomic E-state index is 12.0. The topological polar surface area (TPSA) is 68.3 Å². The number of hydrogen-bond donors (Lipinski definition) is 1. The molecule has 0 saturated carbocycles. The Morgan fingerprint density at radius 3 is 2.68 bits per heavy atom. The number of nitrogens with zero attached hydrogens (tertiary/aromatic N) is 1. The number of benzene rings is 1. The minimum Gasteiger partial charge on any atom is -0.465 e. The van der Waals surface area contributed by atoms with Gasteiger partial charge in [0, 0.05) is 18.1 Å². The van der Waals surface area contributed by atoms with Gasteiger partial charge in [0.25, 0.3) is 0 Å². The van der Waals surface area contributed by atoms with Crippen LogP contribution in [0.4, 0.5) is 0 Å². The van der Waals surface area contributed by atoms with Gasteiger partial charge in [0.1, 0.15) is 0 Å². The second-order valence-corrected chi connectivity index (χ2v) is 6.95. The van der Waals surface area contributed by atoms with Crippen molar-refractivity contribution in [1.29, 1.82) is 0 Å². The maximum Gasteiger partial charge on any atom is 0.337 e. The van der Waals surface area contributed by atoms with E-state index in [1.165, 1.54) is 30.2 Å². The number of methoxy groups -OCH3 is 1. The van der Waals surface area contributed by atoms with Gasteiger partial charge in [0.05, 0.1) is 17.9 Å². The highest BCUT2D eigenvalue weighted by Gasteiger charge is 2.15. The summed E-state index contributed by atoms with van der Waals surface area (Å²) in [5.74, 6) is -0.415. The Kier molecular flexibility index (Phi) is 5.97. The van der Waals surface area contributed by atoms with Gasteiger partial charge in [-0.25, -0.2) is 9.78 Å². The second kappa shape index (κ2) is 7.95. The summed E-state index contributed by atoms with van der Waals surface area (Å²) < 4.78 is 5.52. The Labute approximate surface area is 137 Å². The lowest BCUT2D eigenvalue weighted by molar-refractivity contribution is -0.120. The van der Waals surface area contributed by atoms with Crippen LogP contribution in [0.2, 0.25) is 0 Å². The number of nitrogens with one attached hydrogen (secondary N) is 1. The van der Waals surface area contributed by atoms with Crippen LogP contribution in [0.1, 0.15) is 22.8 Å². The predicted octanol–water partition coefficient (Wildman–Crippen LogP) is 2.73. The van der Waals surface area contributed by atoms with Crippen LogP contribution in [0.15, 0.2) is 40.2 Å². The quantitative estimate of drug-likeness (QED) is 0.649. The number of ether oxygens (including phenoxy) is 1. The molecule has 1 amide bonds. The van der Waals surface area contributed by atoms with Crippen molar-refractivity contribution in [1.82, 2.24) is 10.3 Å². The van der Waals surface area contributed by atoms with E-state index in [1.54, 1.807) is 30.5 Å². The fraction of sp³-hybridized carbons (Fsp3) is 0.267. The lowest BCUT2D eigenvalue weighted by Crippen LogP contribution is -2.30. The number of thioether (sulfide) groups is 1. The molecule has 116 valence electrons. The molecule has 0 saturated heterocycles. The lowest BCUT2D eigenvalue weighted by Gasteiger charge is -2.10. The molecule has 0 aliphatic heterocycles. The molecule has 1 N–H and O–H groups in total. The third kappa shape index (κ3) is 4.57. The van der Waals surface area contributed by atoms with E-state index in [0.717, 1.165) is 9.90 Å². The number of rotatable bonds is 6. The normalized spacial score (nSPS) is 11.7. The zero-order chi connectivity index (χ0) is 15.9. The van der Waals surface area contributed by atoms with Gasteiger partial charge in [-0.2, -0.15) is 0 Å². The van der Waals surface area contributed by atoms with E-state index in [2.05, 4.69) is 15.0 Å². The second-order valence-electron chi connectivity index (χ2n) is 4.46. The molecule has 0 spiro atoms. The Morgan fingerprint density at radius 2 is 2.09 bits per heavy atom. The van der Waals surface area contributed by atoms with Gasteiger partial charge in [0.2, 0.25) is 5.91 Å². The lowest BCUT2D eigenvalue weighted by atomic mass is 10.1.